The van der Waals surface area contributed by atoms with Crippen LogP contribution in [0.2, 0.25) is 0 Å². The molecule has 1 aromatic carbocycles. The summed E-state index contributed by atoms with van der Waals surface area (Å²) in [7, 11) is 0. The van der Waals surface area contributed by atoms with Gasteiger partial charge >= 0.3 is 5.97 Å². The van der Waals surface area contributed by atoms with Gasteiger partial charge in [0.2, 0.25) is 0 Å². The summed E-state index contributed by atoms with van der Waals surface area (Å²) in [6, 6.07) is 7.16. The lowest BCUT2D eigenvalue weighted by molar-refractivity contribution is -0.120. The number of carbonyl (C=O) groups is 2. The van der Waals surface area contributed by atoms with Crippen LogP contribution in [-0.2, 0) is 9.53 Å². The van der Waals surface area contributed by atoms with Crippen molar-refractivity contribution in [1.29, 1.82) is 0 Å². The average Bonchev–Trinajstić information content (AvgIpc) is 2.88. The van der Waals surface area contributed by atoms with E-state index < -0.39 is 5.97 Å². The standard InChI is InChI=1S/C18H16N2O3S2/c1-10(21)8-23-18(22)13-6-4-5-7-14(13)25-17-15-11(2)12(3)24-16(15)19-9-20-17/h4-7,9H,8H2,1-3H3. The Morgan fingerprint density at radius 3 is 2.72 bits per heavy atom. The summed E-state index contributed by atoms with van der Waals surface area (Å²) in [5, 5.41) is 1.82. The third-order valence-electron chi connectivity index (χ3n) is 3.65. The molecule has 0 N–H and O–H groups in total. The van der Waals surface area contributed by atoms with E-state index in [-0.39, 0.29) is 12.4 Å². The van der Waals surface area contributed by atoms with Gasteiger partial charge in [0.15, 0.2) is 5.78 Å². The number of carbonyl (C=O) groups excluding carboxylic acids is 2. The number of aryl methyl sites for hydroxylation is 2. The first kappa shape index (κ1) is 17.6. The highest BCUT2D eigenvalue weighted by Crippen LogP contribution is 2.38. The average molecular weight is 372 g/mol. The van der Waals surface area contributed by atoms with Gasteiger partial charge in [0.25, 0.3) is 0 Å². The lowest BCUT2D eigenvalue weighted by Crippen LogP contribution is -2.12. The Morgan fingerprint density at radius 1 is 1.20 bits per heavy atom. The highest BCUT2D eigenvalue weighted by atomic mass is 32.2. The molecule has 2 aromatic heterocycles. The summed E-state index contributed by atoms with van der Waals surface area (Å²) >= 11 is 3.04. The van der Waals surface area contributed by atoms with E-state index in [2.05, 4.69) is 23.8 Å². The molecule has 7 heteroatoms. The number of Topliss-reactive ketones (excluding diaryl/α,β-unsaturated/α-hetero) is 1. The minimum absolute atomic E-state index is 0.194. The Labute approximate surface area is 153 Å². The minimum Gasteiger partial charge on any atom is -0.454 e. The predicted octanol–water partition coefficient (Wildman–Crippen LogP) is 4.21. The summed E-state index contributed by atoms with van der Waals surface area (Å²) in [5.74, 6) is -0.706. The van der Waals surface area contributed by atoms with E-state index in [1.165, 1.54) is 29.9 Å². The van der Waals surface area contributed by atoms with Crippen LogP contribution in [-0.4, -0.2) is 28.3 Å². The van der Waals surface area contributed by atoms with Crippen LogP contribution in [0.3, 0.4) is 0 Å². The summed E-state index contributed by atoms with van der Waals surface area (Å²) < 4.78 is 5.05. The molecule has 0 saturated carbocycles. The van der Waals surface area contributed by atoms with Crippen molar-refractivity contribution in [2.24, 2.45) is 0 Å². The monoisotopic (exact) mass is 372 g/mol. The molecule has 0 unspecified atom stereocenters. The fourth-order valence-electron chi connectivity index (χ4n) is 2.30. The van der Waals surface area contributed by atoms with E-state index in [4.69, 9.17) is 4.74 Å². The quantitative estimate of drug-likeness (QED) is 0.494. The number of hydrogen-bond donors (Lipinski definition) is 0. The fourth-order valence-corrected chi connectivity index (χ4v) is 4.43. The molecule has 0 radical (unpaired) electrons. The van der Waals surface area contributed by atoms with Gasteiger partial charge in [-0.15, -0.1) is 11.3 Å². The first-order valence-electron chi connectivity index (χ1n) is 7.61. The Hall–Kier alpha value is -2.25. The van der Waals surface area contributed by atoms with Crippen LogP contribution in [0.25, 0.3) is 10.2 Å². The van der Waals surface area contributed by atoms with E-state index in [0.717, 1.165) is 25.7 Å². The normalized spacial score (nSPS) is 10.8. The summed E-state index contributed by atoms with van der Waals surface area (Å²) in [5.41, 5.74) is 1.57. The van der Waals surface area contributed by atoms with E-state index in [1.807, 2.05) is 12.1 Å². The van der Waals surface area contributed by atoms with Crippen LogP contribution in [0.15, 0.2) is 40.5 Å². The van der Waals surface area contributed by atoms with Crippen molar-refractivity contribution >= 4 is 45.1 Å². The lowest BCUT2D eigenvalue weighted by atomic mass is 10.2. The van der Waals surface area contributed by atoms with Gasteiger partial charge < -0.3 is 4.74 Å². The number of rotatable bonds is 5. The number of ketones is 1. The van der Waals surface area contributed by atoms with Crippen molar-refractivity contribution in [1.82, 2.24) is 9.97 Å². The number of esters is 1. The summed E-state index contributed by atoms with van der Waals surface area (Å²) in [6.07, 6.45) is 1.54. The second kappa shape index (κ2) is 7.33. The molecule has 0 bridgehead atoms. The molecule has 0 spiro atoms. The number of aromatic nitrogens is 2. The Morgan fingerprint density at radius 2 is 1.96 bits per heavy atom. The maximum atomic E-state index is 12.3. The van der Waals surface area contributed by atoms with Crippen LogP contribution in [0, 0.1) is 13.8 Å². The summed E-state index contributed by atoms with van der Waals surface area (Å²) in [6.45, 7) is 5.27. The zero-order valence-corrected chi connectivity index (χ0v) is 15.7. The van der Waals surface area contributed by atoms with Crippen LogP contribution in [0.4, 0.5) is 0 Å². The fraction of sp³-hybridized carbons (Fsp3) is 0.222. The molecule has 0 saturated heterocycles. The van der Waals surface area contributed by atoms with Crippen molar-refractivity contribution < 1.29 is 14.3 Å². The second-order valence-corrected chi connectivity index (χ2v) is 7.75. The number of nitrogens with zero attached hydrogens (tertiary/aromatic N) is 2. The molecule has 0 amide bonds. The van der Waals surface area contributed by atoms with Crippen molar-refractivity contribution in [3.8, 4) is 0 Å². The molecule has 0 fully saturated rings. The van der Waals surface area contributed by atoms with Gasteiger partial charge in [0.1, 0.15) is 22.8 Å². The highest BCUT2D eigenvalue weighted by Gasteiger charge is 2.18. The maximum Gasteiger partial charge on any atom is 0.339 e. The maximum absolute atomic E-state index is 12.3. The minimum atomic E-state index is -0.512. The van der Waals surface area contributed by atoms with Crippen LogP contribution >= 0.6 is 23.1 Å². The van der Waals surface area contributed by atoms with Gasteiger partial charge in [0, 0.05) is 15.2 Å². The number of thiophene rings is 1. The molecule has 3 aromatic rings. The van der Waals surface area contributed by atoms with E-state index in [1.54, 1.807) is 23.5 Å². The Kier molecular flexibility index (Phi) is 5.15. The van der Waals surface area contributed by atoms with Gasteiger partial charge in [-0.25, -0.2) is 14.8 Å². The molecule has 128 valence electrons. The topological polar surface area (TPSA) is 69.2 Å². The number of hydrogen-bond acceptors (Lipinski definition) is 7. The third kappa shape index (κ3) is 3.72. The molecule has 5 nitrogen and oxygen atoms in total. The van der Waals surface area contributed by atoms with Gasteiger partial charge in [-0.3, -0.25) is 4.79 Å². The molecule has 2 heterocycles. The predicted molar refractivity (Wildman–Crippen MR) is 98.4 cm³/mol. The number of fused-ring (bicyclic) bond motifs is 1. The molecular formula is C18H16N2O3S2. The smallest absolute Gasteiger partial charge is 0.339 e. The van der Waals surface area contributed by atoms with Crippen molar-refractivity contribution in [3.63, 3.8) is 0 Å². The molecular weight excluding hydrogens is 356 g/mol. The zero-order chi connectivity index (χ0) is 18.0. The van der Waals surface area contributed by atoms with E-state index >= 15 is 0 Å². The van der Waals surface area contributed by atoms with Crippen LogP contribution < -0.4 is 0 Å². The molecule has 25 heavy (non-hydrogen) atoms. The first-order chi connectivity index (χ1) is 12.0. The number of ether oxygens (including phenoxy) is 1. The van der Waals surface area contributed by atoms with Crippen LogP contribution in [0.5, 0.6) is 0 Å². The number of benzene rings is 1. The summed E-state index contributed by atoms with van der Waals surface area (Å²) in [4.78, 5) is 34.9. The van der Waals surface area contributed by atoms with E-state index in [0.29, 0.717) is 5.56 Å². The molecule has 0 aliphatic rings. The third-order valence-corrected chi connectivity index (χ3v) is 5.84. The largest absolute Gasteiger partial charge is 0.454 e. The van der Waals surface area contributed by atoms with Gasteiger partial charge in [-0.2, -0.15) is 0 Å². The Balaban J connectivity index is 1.97. The zero-order valence-electron chi connectivity index (χ0n) is 14.0. The van der Waals surface area contributed by atoms with Crippen molar-refractivity contribution in [3.05, 3.63) is 46.6 Å². The lowest BCUT2D eigenvalue weighted by Gasteiger charge is -2.09. The molecule has 3 rings (SSSR count). The molecule has 0 aliphatic carbocycles. The second-order valence-electron chi connectivity index (χ2n) is 5.52. The van der Waals surface area contributed by atoms with E-state index in [9.17, 15) is 9.59 Å². The van der Waals surface area contributed by atoms with Crippen molar-refractivity contribution in [2.45, 2.75) is 30.7 Å². The molecule has 0 atom stereocenters. The van der Waals surface area contributed by atoms with Crippen LogP contribution in [0.1, 0.15) is 27.7 Å². The first-order valence-corrected chi connectivity index (χ1v) is 9.25. The highest BCUT2D eigenvalue weighted by molar-refractivity contribution is 7.99. The Bertz CT molecular complexity index is 966. The molecule has 0 aliphatic heterocycles. The SMILES string of the molecule is CC(=O)COC(=O)c1ccccc1Sc1ncnc2sc(C)c(C)c12. The van der Waals surface area contributed by atoms with Gasteiger partial charge in [-0.05, 0) is 38.5 Å². The van der Waals surface area contributed by atoms with Gasteiger partial charge in [0.05, 0.1) is 5.56 Å². The van der Waals surface area contributed by atoms with Gasteiger partial charge in [-0.1, -0.05) is 23.9 Å². The van der Waals surface area contributed by atoms with Crippen molar-refractivity contribution in [2.75, 3.05) is 6.61 Å².